The molecular weight excluding hydrogens is 234 g/mol. The number of piperidine rings is 1. The van der Waals surface area contributed by atoms with Crippen LogP contribution in [0, 0.1) is 5.92 Å². The van der Waals surface area contributed by atoms with Crippen LogP contribution < -0.4 is 0 Å². The highest BCUT2D eigenvalue weighted by molar-refractivity contribution is 7.89. The van der Waals surface area contributed by atoms with Gasteiger partial charge in [-0.1, -0.05) is 13.8 Å². The Bertz CT molecular complexity index is 290. The lowest BCUT2D eigenvalue weighted by Crippen LogP contribution is -2.41. The Morgan fingerprint density at radius 3 is 2.67 bits per heavy atom. The highest BCUT2D eigenvalue weighted by atomic mass is 35.5. The van der Waals surface area contributed by atoms with Crippen molar-refractivity contribution in [2.24, 2.45) is 5.92 Å². The standard InChI is InChI=1S/C10H20ClNO2S/c1-9(2)5-7-15(13,14)12-6-3-4-10(11)8-12/h9-10H,3-8H2,1-2H3. The van der Waals surface area contributed by atoms with E-state index in [1.807, 2.05) is 13.8 Å². The first-order valence-electron chi connectivity index (χ1n) is 5.53. The molecule has 0 aromatic rings. The van der Waals surface area contributed by atoms with E-state index in [-0.39, 0.29) is 11.1 Å². The summed E-state index contributed by atoms with van der Waals surface area (Å²) in [6, 6.07) is 0. The molecule has 1 aliphatic rings. The van der Waals surface area contributed by atoms with Gasteiger partial charge in [-0.3, -0.25) is 0 Å². The van der Waals surface area contributed by atoms with Crippen molar-refractivity contribution in [3.8, 4) is 0 Å². The molecule has 1 heterocycles. The second kappa shape index (κ2) is 5.51. The van der Waals surface area contributed by atoms with E-state index in [0.717, 1.165) is 19.3 Å². The van der Waals surface area contributed by atoms with Gasteiger partial charge in [0.25, 0.3) is 0 Å². The maximum atomic E-state index is 11.9. The normalized spacial score (nSPS) is 24.7. The van der Waals surface area contributed by atoms with Crippen LogP contribution in [0.5, 0.6) is 0 Å². The van der Waals surface area contributed by atoms with Crippen molar-refractivity contribution in [1.82, 2.24) is 4.31 Å². The molecule has 5 heteroatoms. The smallest absolute Gasteiger partial charge is 0.212 e. The monoisotopic (exact) mass is 253 g/mol. The third-order valence-corrected chi connectivity index (χ3v) is 4.90. The summed E-state index contributed by atoms with van der Waals surface area (Å²) in [6.45, 7) is 5.21. The summed E-state index contributed by atoms with van der Waals surface area (Å²) in [6.07, 6.45) is 2.54. The van der Waals surface area contributed by atoms with E-state index >= 15 is 0 Å². The maximum Gasteiger partial charge on any atom is 0.214 e. The Morgan fingerprint density at radius 1 is 1.47 bits per heavy atom. The molecule has 1 rings (SSSR count). The zero-order valence-corrected chi connectivity index (χ0v) is 11.0. The molecule has 1 unspecified atom stereocenters. The quantitative estimate of drug-likeness (QED) is 0.720. The first-order valence-corrected chi connectivity index (χ1v) is 7.58. The molecule has 15 heavy (non-hydrogen) atoms. The molecule has 0 radical (unpaired) electrons. The van der Waals surface area contributed by atoms with E-state index < -0.39 is 10.0 Å². The highest BCUT2D eigenvalue weighted by Crippen LogP contribution is 2.19. The second-order valence-corrected chi connectivity index (χ2v) is 7.30. The van der Waals surface area contributed by atoms with E-state index in [1.54, 1.807) is 4.31 Å². The van der Waals surface area contributed by atoms with Crippen molar-refractivity contribution >= 4 is 21.6 Å². The molecule has 1 aliphatic heterocycles. The van der Waals surface area contributed by atoms with Gasteiger partial charge >= 0.3 is 0 Å². The molecule has 0 N–H and O–H groups in total. The van der Waals surface area contributed by atoms with E-state index in [4.69, 9.17) is 11.6 Å². The first kappa shape index (κ1) is 13.3. The number of alkyl halides is 1. The fourth-order valence-electron chi connectivity index (χ4n) is 1.66. The minimum Gasteiger partial charge on any atom is -0.212 e. The van der Waals surface area contributed by atoms with Crippen molar-refractivity contribution in [2.75, 3.05) is 18.8 Å². The average molecular weight is 254 g/mol. The topological polar surface area (TPSA) is 37.4 Å². The number of nitrogens with zero attached hydrogens (tertiary/aromatic N) is 1. The zero-order chi connectivity index (χ0) is 11.5. The summed E-state index contributed by atoms with van der Waals surface area (Å²) in [5.41, 5.74) is 0. The second-order valence-electron chi connectivity index (χ2n) is 4.60. The fraction of sp³-hybridized carbons (Fsp3) is 1.00. The third-order valence-electron chi connectivity index (χ3n) is 2.67. The van der Waals surface area contributed by atoms with Gasteiger partial charge in [-0.25, -0.2) is 12.7 Å². The summed E-state index contributed by atoms with van der Waals surface area (Å²) in [7, 11) is -3.06. The highest BCUT2D eigenvalue weighted by Gasteiger charge is 2.27. The van der Waals surface area contributed by atoms with Crippen LogP contribution in [-0.2, 0) is 10.0 Å². The molecule has 0 amide bonds. The van der Waals surface area contributed by atoms with Crippen LogP contribution in [0.3, 0.4) is 0 Å². The van der Waals surface area contributed by atoms with Gasteiger partial charge in [0, 0.05) is 18.5 Å². The molecule has 1 atom stereocenters. The van der Waals surface area contributed by atoms with Gasteiger partial charge in [-0.05, 0) is 25.2 Å². The molecule has 0 aliphatic carbocycles. The number of hydrogen-bond acceptors (Lipinski definition) is 2. The van der Waals surface area contributed by atoms with Crippen LogP contribution in [0.2, 0.25) is 0 Å². The summed E-state index contributed by atoms with van der Waals surface area (Å²) in [4.78, 5) is 0. The Labute approximate surface area is 97.8 Å². The number of halogens is 1. The SMILES string of the molecule is CC(C)CCS(=O)(=O)N1CCCC(Cl)C1. The molecule has 1 fully saturated rings. The summed E-state index contributed by atoms with van der Waals surface area (Å²) in [5.74, 6) is 0.685. The molecular formula is C10H20ClNO2S. The van der Waals surface area contributed by atoms with Crippen LogP contribution in [0.15, 0.2) is 0 Å². The number of hydrogen-bond donors (Lipinski definition) is 0. The Kier molecular flexibility index (Phi) is 4.87. The van der Waals surface area contributed by atoms with Crippen molar-refractivity contribution in [2.45, 2.75) is 38.5 Å². The number of sulfonamides is 1. The molecule has 0 aromatic heterocycles. The summed E-state index contributed by atoms with van der Waals surface area (Å²) >= 11 is 5.97. The van der Waals surface area contributed by atoms with Crippen molar-refractivity contribution < 1.29 is 8.42 Å². The Balaban J connectivity index is 2.52. The van der Waals surface area contributed by atoms with Gasteiger partial charge in [0.15, 0.2) is 0 Å². The van der Waals surface area contributed by atoms with Gasteiger partial charge in [-0.2, -0.15) is 0 Å². The summed E-state index contributed by atoms with van der Waals surface area (Å²) in [5, 5.41) is -0.00688. The predicted octanol–water partition coefficient (Wildman–Crippen LogP) is 2.07. The molecule has 3 nitrogen and oxygen atoms in total. The van der Waals surface area contributed by atoms with Gasteiger partial charge < -0.3 is 0 Å². The number of rotatable bonds is 4. The van der Waals surface area contributed by atoms with E-state index in [2.05, 4.69) is 0 Å². The van der Waals surface area contributed by atoms with Crippen LogP contribution in [0.4, 0.5) is 0 Å². The van der Waals surface area contributed by atoms with Gasteiger partial charge in [0.05, 0.1) is 5.75 Å². The average Bonchev–Trinajstić information content (AvgIpc) is 2.15. The predicted molar refractivity (Wildman–Crippen MR) is 63.7 cm³/mol. The Morgan fingerprint density at radius 2 is 2.13 bits per heavy atom. The minimum atomic E-state index is -3.06. The zero-order valence-electron chi connectivity index (χ0n) is 9.45. The van der Waals surface area contributed by atoms with Gasteiger partial charge in [0.1, 0.15) is 0 Å². The summed E-state index contributed by atoms with van der Waals surface area (Å²) < 4.78 is 25.4. The van der Waals surface area contributed by atoms with Crippen molar-refractivity contribution in [3.05, 3.63) is 0 Å². The van der Waals surface area contributed by atoms with Crippen LogP contribution in [0.25, 0.3) is 0 Å². The van der Waals surface area contributed by atoms with Gasteiger partial charge in [-0.15, -0.1) is 11.6 Å². The van der Waals surface area contributed by atoms with E-state index in [0.29, 0.717) is 19.0 Å². The first-order chi connectivity index (χ1) is 6.92. The molecule has 90 valence electrons. The van der Waals surface area contributed by atoms with E-state index in [9.17, 15) is 8.42 Å². The van der Waals surface area contributed by atoms with Crippen LogP contribution >= 0.6 is 11.6 Å². The van der Waals surface area contributed by atoms with E-state index in [1.165, 1.54) is 0 Å². The van der Waals surface area contributed by atoms with Crippen molar-refractivity contribution in [1.29, 1.82) is 0 Å². The Hall–Kier alpha value is 0.200. The minimum absolute atomic E-state index is 0.00688. The lowest BCUT2D eigenvalue weighted by molar-refractivity contribution is 0.349. The lowest BCUT2D eigenvalue weighted by atomic mass is 10.2. The molecule has 0 spiro atoms. The largest absolute Gasteiger partial charge is 0.214 e. The molecule has 0 bridgehead atoms. The lowest BCUT2D eigenvalue weighted by Gasteiger charge is -2.29. The molecule has 0 aromatic carbocycles. The third kappa shape index (κ3) is 4.29. The molecule has 0 saturated carbocycles. The van der Waals surface area contributed by atoms with Crippen LogP contribution in [-0.4, -0.2) is 36.9 Å². The van der Waals surface area contributed by atoms with Crippen molar-refractivity contribution in [3.63, 3.8) is 0 Å². The fourth-order valence-corrected chi connectivity index (χ4v) is 3.90. The van der Waals surface area contributed by atoms with Crippen LogP contribution in [0.1, 0.15) is 33.1 Å². The van der Waals surface area contributed by atoms with Gasteiger partial charge in [0.2, 0.25) is 10.0 Å². The molecule has 1 saturated heterocycles. The maximum absolute atomic E-state index is 11.9.